The van der Waals surface area contributed by atoms with Gasteiger partial charge in [-0.1, -0.05) is 49.4 Å². The summed E-state index contributed by atoms with van der Waals surface area (Å²) in [6.45, 7) is 10.4. The second-order valence-electron chi connectivity index (χ2n) is 16.0. The minimum Gasteiger partial charge on any atom is -0.508 e. The van der Waals surface area contributed by atoms with E-state index in [9.17, 15) is 29.4 Å². The van der Waals surface area contributed by atoms with Crippen molar-refractivity contribution in [2.45, 2.75) is 128 Å². The van der Waals surface area contributed by atoms with Gasteiger partial charge in [0.05, 0.1) is 36.6 Å². The fraction of sp³-hybridized carbons (Fsp3) is 0.468. The van der Waals surface area contributed by atoms with Gasteiger partial charge in [-0.3, -0.25) is 24.7 Å². The molecule has 2 aromatic heterocycles. The number of hydrogen-bond acceptors (Lipinski definition) is 14. The van der Waals surface area contributed by atoms with Crippen LogP contribution in [0.15, 0.2) is 65.5 Å². The Hall–Kier alpha value is -5.37. The Balaban J connectivity index is 1.44. The topological polar surface area (TPSA) is 208 Å². The number of alkyl carbamates (subject to hydrolysis) is 1. The Bertz CT molecular complexity index is 2500. The SMILES string of the molecule is CC#C/C=C\C#C[C@H](OC1OC(C)C(F)(C(=O)c2nccc3c2[nH]c2ccc(O)cc23)CC1OC1CCC(NC(C)C)C(C)O1)C1=C(NC(=O)OC)C(=O)C[C@H](O)/C1=C/CSC(C)=O. The zero-order chi connectivity index (χ0) is 46.3. The number of phenols is 1. The highest BCUT2D eigenvalue weighted by atomic mass is 32.2. The maximum Gasteiger partial charge on any atom is 0.411 e. The van der Waals surface area contributed by atoms with E-state index in [1.165, 1.54) is 50.4 Å². The summed E-state index contributed by atoms with van der Waals surface area (Å²) in [5.74, 6) is 9.69. The molecule has 3 aromatic rings. The number of nitrogens with one attached hydrogen (secondary N) is 3. The van der Waals surface area contributed by atoms with Gasteiger partial charge in [-0.2, -0.15) is 0 Å². The summed E-state index contributed by atoms with van der Waals surface area (Å²) < 4.78 is 48.7. The van der Waals surface area contributed by atoms with Crippen LogP contribution in [0, 0.1) is 23.7 Å². The van der Waals surface area contributed by atoms with Crippen molar-refractivity contribution in [2.75, 3.05) is 12.9 Å². The lowest BCUT2D eigenvalue weighted by atomic mass is 9.83. The van der Waals surface area contributed by atoms with Crippen LogP contribution < -0.4 is 10.6 Å². The fourth-order valence-corrected chi connectivity index (χ4v) is 8.56. The first-order valence-corrected chi connectivity index (χ1v) is 22.0. The number of methoxy groups -OCH3 is 1. The number of thioether (sulfide) groups is 1. The van der Waals surface area contributed by atoms with Gasteiger partial charge in [0.1, 0.15) is 23.7 Å². The Labute approximate surface area is 374 Å². The van der Waals surface area contributed by atoms with Gasteiger partial charge in [0.15, 0.2) is 23.5 Å². The largest absolute Gasteiger partial charge is 0.508 e. The maximum absolute atomic E-state index is 18.0. The fourth-order valence-electron chi connectivity index (χ4n) is 8.06. The van der Waals surface area contributed by atoms with Crippen molar-refractivity contribution >= 4 is 56.3 Å². The number of amides is 1. The molecule has 1 aromatic carbocycles. The van der Waals surface area contributed by atoms with Crippen molar-refractivity contribution in [3.05, 3.63) is 71.2 Å². The highest BCUT2D eigenvalue weighted by molar-refractivity contribution is 8.13. The molecule has 64 heavy (non-hydrogen) atoms. The van der Waals surface area contributed by atoms with Gasteiger partial charge in [0.2, 0.25) is 11.5 Å². The number of halogens is 1. The molecule has 0 bridgehead atoms. The highest BCUT2D eigenvalue weighted by Crippen LogP contribution is 2.42. The zero-order valence-electron chi connectivity index (χ0n) is 36.7. The molecule has 2 fully saturated rings. The molecule has 15 nitrogen and oxygen atoms in total. The van der Waals surface area contributed by atoms with E-state index in [1.54, 1.807) is 19.1 Å². The maximum atomic E-state index is 18.0. The van der Waals surface area contributed by atoms with Crippen LogP contribution in [0.2, 0.25) is 0 Å². The van der Waals surface area contributed by atoms with Crippen LogP contribution in [-0.2, 0) is 33.3 Å². The Morgan fingerprint density at radius 3 is 2.61 bits per heavy atom. The number of aromatic hydroxyl groups is 1. The Kier molecular flexibility index (Phi) is 15.8. The lowest BCUT2D eigenvalue weighted by Crippen LogP contribution is -2.59. The van der Waals surface area contributed by atoms with Crippen molar-refractivity contribution in [1.82, 2.24) is 20.6 Å². The number of ether oxygens (including phenoxy) is 5. The van der Waals surface area contributed by atoms with Gasteiger partial charge in [0, 0.05) is 65.7 Å². The molecule has 4 heterocycles. The number of fused-ring (bicyclic) bond motifs is 3. The number of aromatic nitrogens is 2. The van der Waals surface area contributed by atoms with E-state index >= 15 is 4.39 Å². The van der Waals surface area contributed by atoms with Gasteiger partial charge >= 0.3 is 6.09 Å². The molecular formula is C47H53FN4O11S. The molecule has 5 N–H and O–H groups in total. The number of alkyl halides is 1. The first-order valence-electron chi connectivity index (χ1n) is 21.0. The molecule has 2 aliphatic heterocycles. The molecule has 0 saturated carbocycles. The van der Waals surface area contributed by atoms with Crippen LogP contribution in [0.4, 0.5) is 9.18 Å². The van der Waals surface area contributed by atoms with E-state index in [-0.39, 0.29) is 62.9 Å². The number of hydrogen-bond donors (Lipinski definition) is 5. The van der Waals surface area contributed by atoms with Gasteiger partial charge in [-0.15, -0.1) is 5.92 Å². The average molecular weight is 901 g/mol. The number of benzene rings is 1. The first kappa shape index (κ1) is 48.1. The Morgan fingerprint density at radius 2 is 1.91 bits per heavy atom. The molecule has 1 amide bonds. The first-order chi connectivity index (χ1) is 30.5. The Morgan fingerprint density at radius 1 is 1.14 bits per heavy atom. The second-order valence-corrected chi connectivity index (χ2v) is 17.2. The number of allylic oxidation sites excluding steroid dienone is 3. The number of aliphatic hydroxyl groups is 1. The monoisotopic (exact) mass is 900 g/mol. The number of ketones is 2. The molecule has 1 aliphatic carbocycles. The number of carbonyl (C=O) groups excluding carboxylic acids is 4. The summed E-state index contributed by atoms with van der Waals surface area (Å²) in [6.07, 6.45) is -3.69. The summed E-state index contributed by atoms with van der Waals surface area (Å²) in [4.78, 5) is 60.5. The molecule has 6 rings (SSSR count). The third kappa shape index (κ3) is 10.9. The molecule has 0 radical (unpaired) electrons. The van der Waals surface area contributed by atoms with E-state index in [2.05, 4.69) is 44.3 Å². The molecule has 0 spiro atoms. The summed E-state index contributed by atoms with van der Waals surface area (Å²) in [7, 11) is 1.11. The molecule has 7 unspecified atom stereocenters. The zero-order valence-corrected chi connectivity index (χ0v) is 37.5. The van der Waals surface area contributed by atoms with Gasteiger partial charge in [0.25, 0.3) is 0 Å². The molecule has 17 heteroatoms. The highest BCUT2D eigenvalue weighted by Gasteiger charge is 2.56. The lowest BCUT2D eigenvalue weighted by Gasteiger charge is -2.45. The van der Waals surface area contributed by atoms with E-state index in [0.29, 0.717) is 29.1 Å². The van der Waals surface area contributed by atoms with Crippen LogP contribution in [-0.4, -0.2) is 117 Å². The lowest BCUT2D eigenvalue weighted by molar-refractivity contribution is -0.316. The molecule has 9 atom stereocenters. The van der Waals surface area contributed by atoms with Crippen LogP contribution in [0.5, 0.6) is 5.75 Å². The van der Waals surface area contributed by atoms with Crippen molar-refractivity contribution in [3.8, 4) is 29.4 Å². The number of Topliss-reactive ketones (excluding diaryl/α,β-unsaturated/α-hetero) is 2. The smallest absolute Gasteiger partial charge is 0.411 e. The number of H-pyrrole nitrogens is 1. The van der Waals surface area contributed by atoms with Crippen molar-refractivity contribution in [2.24, 2.45) is 0 Å². The number of phenolic OH excluding ortho intramolecular Hbond substituents is 1. The van der Waals surface area contributed by atoms with Crippen molar-refractivity contribution in [3.63, 3.8) is 0 Å². The third-order valence-corrected chi connectivity index (χ3v) is 11.9. The number of aromatic amines is 1. The van der Waals surface area contributed by atoms with E-state index in [0.717, 1.165) is 18.9 Å². The number of pyridine rings is 1. The van der Waals surface area contributed by atoms with Gasteiger partial charge < -0.3 is 44.2 Å². The van der Waals surface area contributed by atoms with Gasteiger partial charge in [-0.25, -0.2) is 9.18 Å². The molecule has 2 saturated heterocycles. The molecule has 3 aliphatic rings. The predicted molar refractivity (Wildman–Crippen MR) is 238 cm³/mol. The van der Waals surface area contributed by atoms with Crippen LogP contribution >= 0.6 is 11.8 Å². The number of nitrogens with zero attached hydrogens (tertiary/aromatic N) is 1. The van der Waals surface area contributed by atoms with E-state index in [1.807, 2.05) is 20.8 Å². The second kappa shape index (κ2) is 21.1. The normalized spacial score (nSPS) is 27.3. The van der Waals surface area contributed by atoms with Crippen molar-refractivity contribution in [1.29, 1.82) is 0 Å². The molecule has 340 valence electrons. The van der Waals surface area contributed by atoms with Crippen LogP contribution in [0.3, 0.4) is 0 Å². The van der Waals surface area contributed by atoms with Crippen LogP contribution in [0.25, 0.3) is 21.8 Å². The van der Waals surface area contributed by atoms with Crippen LogP contribution in [0.1, 0.15) is 77.7 Å². The number of rotatable bonds is 12. The van der Waals surface area contributed by atoms with Gasteiger partial charge in [-0.05, 0) is 75.6 Å². The minimum atomic E-state index is -2.77. The summed E-state index contributed by atoms with van der Waals surface area (Å²) in [6, 6.07) is 6.51. The predicted octanol–water partition coefficient (Wildman–Crippen LogP) is 5.84. The standard InChI is InChI=1S/C47H53FN4O11S/c1-8-9-10-11-12-13-37(40-31(19-21-64-28(6)53)35(55)23-36(56)42(40)52-46(58)59-7)63-45-38(62-39-17-16-33(26(4)60-39)50-25(2)3)24-47(48,27(5)61-45)44(57)43-41-30(18-20-49-43)32-22-29(54)14-15-34(32)51-41/h10-11,14-15,18-20,22,25-27,33,35,37-39,45,50-51,54-55H,16-17,21,23-24H2,1-7H3,(H,52,58)/b11-10-,31-19-/t26?,27?,33?,35-,37-,38?,39?,45?,47?/m0/s1. The quantitative estimate of drug-likeness (QED) is 0.107. The average Bonchev–Trinajstić information content (AvgIpc) is 3.62. The summed E-state index contributed by atoms with van der Waals surface area (Å²) >= 11 is 0.946. The summed E-state index contributed by atoms with van der Waals surface area (Å²) in [5, 5.41) is 28.5. The van der Waals surface area contributed by atoms with E-state index in [4.69, 9.17) is 23.7 Å². The number of carbonyl (C=O) groups is 4. The van der Waals surface area contributed by atoms with Crippen molar-refractivity contribution < 1.29 is 57.5 Å². The minimum absolute atomic E-state index is 0.000528. The number of aliphatic hydroxyl groups excluding tert-OH is 1. The van der Waals surface area contributed by atoms with E-state index < -0.39 is 73.2 Å². The molecular weight excluding hydrogens is 848 g/mol. The summed E-state index contributed by atoms with van der Waals surface area (Å²) in [5.41, 5.74) is -2.32. The third-order valence-electron chi connectivity index (χ3n) is 11.1.